The molecule has 3 aromatic rings. The topological polar surface area (TPSA) is 12.4 Å². The van der Waals surface area contributed by atoms with E-state index in [0.29, 0.717) is 5.56 Å². The van der Waals surface area contributed by atoms with Gasteiger partial charge in [-0.1, -0.05) is 68.3 Å². The van der Waals surface area contributed by atoms with Crippen LogP contribution in [0.5, 0.6) is 0 Å². The fourth-order valence-electron chi connectivity index (χ4n) is 3.18. The summed E-state index contributed by atoms with van der Waals surface area (Å²) in [4.78, 5) is 3.44. The third-order valence-corrected chi connectivity index (χ3v) is 4.84. The number of halogens is 2. The van der Waals surface area contributed by atoms with Gasteiger partial charge in [0.15, 0.2) is 11.6 Å². The Morgan fingerprint density at radius 2 is 1.29 bits per heavy atom. The molecule has 142 valence electrons. The first-order chi connectivity index (χ1) is 13.6. The third kappa shape index (κ3) is 4.78. The molecule has 0 amide bonds. The molecular formula is C24H21F2NS. The predicted molar refractivity (Wildman–Crippen MR) is 115 cm³/mol. The Balaban J connectivity index is 1.79. The van der Waals surface area contributed by atoms with Crippen molar-refractivity contribution in [2.24, 2.45) is 4.99 Å². The zero-order chi connectivity index (χ0) is 19.9. The van der Waals surface area contributed by atoms with E-state index in [9.17, 15) is 8.78 Å². The quantitative estimate of drug-likeness (QED) is 0.227. The first-order valence-corrected chi connectivity index (χ1v) is 9.80. The Kier molecular flexibility index (Phi) is 6.80. The van der Waals surface area contributed by atoms with Crippen molar-refractivity contribution < 1.29 is 8.78 Å². The van der Waals surface area contributed by atoms with E-state index >= 15 is 0 Å². The largest absolute Gasteiger partial charge is 0.204 e. The first kappa shape index (κ1) is 20.1. The number of hydrogen-bond acceptors (Lipinski definition) is 2. The van der Waals surface area contributed by atoms with E-state index in [-0.39, 0.29) is 0 Å². The van der Waals surface area contributed by atoms with E-state index in [4.69, 9.17) is 0 Å². The normalized spacial score (nSPS) is 10.5. The molecule has 3 rings (SSSR count). The van der Waals surface area contributed by atoms with Gasteiger partial charge in [0.05, 0.1) is 5.16 Å². The number of aryl methyl sites for hydroxylation is 1. The Morgan fingerprint density at radius 3 is 1.79 bits per heavy atom. The van der Waals surface area contributed by atoms with Crippen LogP contribution in [-0.4, -0.2) is 5.16 Å². The van der Waals surface area contributed by atoms with Crippen LogP contribution >= 0.6 is 12.2 Å². The van der Waals surface area contributed by atoms with Gasteiger partial charge in [-0.3, -0.25) is 0 Å². The molecule has 0 unspecified atom stereocenters. The molecule has 1 nitrogen and oxygen atoms in total. The molecule has 3 aromatic carbocycles. The Morgan fingerprint density at radius 1 is 0.786 bits per heavy atom. The molecule has 0 heterocycles. The predicted octanol–water partition coefficient (Wildman–Crippen LogP) is 7.77. The van der Waals surface area contributed by atoms with Crippen LogP contribution in [0, 0.1) is 11.6 Å². The van der Waals surface area contributed by atoms with E-state index in [1.165, 1.54) is 37.0 Å². The van der Waals surface area contributed by atoms with Crippen LogP contribution in [0.15, 0.2) is 65.7 Å². The molecular weight excluding hydrogens is 372 g/mol. The van der Waals surface area contributed by atoms with Gasteiger partial charge in [-0.15, -0.1) is 0 Å². The smallest absolute Gasteiger partial charge is 0.153 e. The average Bonchev–Trinajstić information content (AvgIpc) is 2.71. The molecule has 0 saturated carbocycles. The van der Waals surface area contributed by atoms with Gasteiger partial charge in [-0.05, 0) is 65.0 Å². The lowest BCUT2D eigenvalue weighted by Crippen LogP contribution is -1.88. The van der Waals surface area contributed by atoms with Crippen LogP contribution in [0.1, 0.15) is 31.7 Å². The van der Waals surface area contributed by atoms with Gasteiger partial charge in [-0.25, -0.2) is 8.78 Å². The van der Waals surface area contributed by atoms with Crippen molar-refractivity contribution in [1.29, 1.82) is 0 Å². The minimum Gasteiger partial charge on any atom is -0.204 e. The van der Waals surface area contributed by atoms with Gasteiger partial charge in [0.2, 0.25) is 0 Å². The molecule has 4 heteroatoms. The number of thiocarbonyl (C=S) groups is 1. The van der Waals surface area contributed by atoms with Gasteiger partial charge >= 0.3 is 0 Å². The second kappa shape index (κ2) is 9.50. The molecule has 0 saturated heterocycles. The Bertz CT molecular complexity index is 965. The van der Waals surface area contributed by atoms with Crippen molar-refractivity contribution in [3.05, 3.63) is 77.9 Å². The van der Waals surface area contributed by atoms with E-state index in [1.54, 1.807) is 0 Å². The molecule has 28 heavy (non-hydrogen) atoms. The molecule has 0 bridgehead atoms. The summed E-state index contributed by atoms with van der Waals surface area (Å²) in [6, 6.07) is 18.7. The van der Waals surface area contributed by atoms with Crippen LogP contribution in [0.2, 0.25) is 0 Å². The minimum absolute atomic E-state index is 0.408. The van der Waals surface area contributed by atoms with E-state index in [0.717, 1.165) is 23.1 Å². The number of nitrogens with zero attached hydrogens (tertiary/aromatic N) is 1. The number of hydrogen-bond donors (Lipinski definition) is 0. The maximum absolute atomic E-state index is 14.1. The molecule has 0 aliphatic carbocycles. The summed E-state index contributed by atoms with van der Waals surface area (Å²) in [6.07, 6.45) is 4.80. The lowest BCUT2D eigenvalue weighted by molar-refractivity contribution is 0.588. The standard InChI is InChI=1S/C24H21F2NS/c1-2-3-4-5-17-6-8-18(9-7-17)19-10-12-20(13-11-19)21-14-22(25)24(27-16-28)23(26)15-21/h6-15H,2-5H2,1H3. The van der Waals surface area contributed by atoms with Gasteiger partial charge in [0.25, 0.3) is 0 Å². The Labute approximate surface area is 169 Å². The Hall–Kier alpha value is -2.68. The molecule has 0 radical (unpaired) electrons. The monoisotopic (exact) mass is 393 g/mol. The lowest BCUT2D eigenvalue weighted by atomic mass is 9.98. The van der Waals surface area contributed by atoms with Crippen molar-refractivity contribution in [1.82, 2.24) is 0 Å². The number of aliphatic imine (C=N–C) groups is 1. The highest BCUT2D eigenvalue weighted by Gasteiger charge is 2.11. The van der Waals surface area contributed by atoms with Crippen molar-refractivity contribution in [2.75, 3.05) is 0 Å². The van der Waals surface area contributed by atoms with Crippen molar-refractivity contribution in [3.63, 3.8) is 0 Å². The molecule has 0 atom stereocenters. The second-order valence-electron chi connectivity index (χ2n) is 6.72. The summed E-state index contributed by atoms with van der Waals surface area (Å²) < 4.78 is 28.1. The zero-order valence-electron chi connectivity index (χ0n) is 15.7. The van der Waals surface area contributed by atoms with Crippen LogP contribution in [-0.2, 0) is 6.42 Å². The van der Waals surface area contributed by atoms with Crippen molar-refractivity contribution >= 4 is 23.1 Å². The average molecular weight is 394 g/mol. The number of isothiocyanates is 1. The molecule has 0 aromatic heterocycles. The fourth-order valence-corrected chi connectivity index (χ4v) is 3.27. The number of unbranched alkanes of at least 4 members (excludes halogenated alkanes) is 2. The zero-order valence-corrected chi connectivity index (χ0v) is 16.5. The minimum atomic E-state index is -0.755. The maximum atomic E-state index is 14.1. The van der Waals surface area contributed by atoms with Crippen LogP contribution in [0.3, 0.4) is 0 Å². The fraction of sp³-hybridized carbons (Fsp3) is 0.208. The molecule has 0 spiro atoms. The first-order valence-electron chi connectivity index (χ1n) is 9.39. The molecule has 0 N–H and O–H groups in total. The second-order valence-corrected chi connectivity index (χ2v) is 6.91. The van der Waals surface area contributed by atoms with Gasteiger partial charge in [-0.2, -0.15) is 4.99 Å². The summed E-state index contributed by atoms with van der Waals surface area (Å²) in [5.74, 6) is -1.51. The highest BCUT2D eigenvalue weighted by Crippen LogP contribution is 2.30. The summed E-state index contributed by atoms with van der Waals surface area (Å²) in [5.41, 5.74) is 4.31. The number of rotatable bonds is 7. The summed E-state index contributed by atoms with van der Waals surface area (Å²) >= 11 is 4.42. The molecule has 0 fully saturated rings. The van der Waals surface area contributed by atoms with Crippen molar-refractivity contribution in [3.8, 4) is 22.3 Å². The van der Waals surface area contributed by atoms with E-state index in [2.05, 4.69) is 48.4 Å². The van der Waals surface area contributed by atoms with E-state index < -0.39 is 17.3 Å². The summed E-state index contributed by atoms with van der Waals surface area (Å²) in [6.45, 7) is 2.21. The van der Waals surface area contributed by atoms with Gasteiger partial charge < -0.3 is 0 Å². The lowest BCUT2D eigenvalue weighted by Gasteiger charge is -2.08. The maximum Gasteiger partial charge on any atom is 0.153 e. The van der Waals surface area contributed by atoms with Gasteiger partial charge in [0.1, 0.15) is 5.69 Å². The molecule has 0 aliphatic heterocycles. The summed E-state index contributed by atoms with van der Waals surface area (Å²) in [7, 11) is 0. The highest BCUT2D eigenvalue weighted by atomic mass is 32.1. The van der Waals surface area contributed by atoms with Gasteiger partial charge in [0, 0.05) is 0 Å². The highest BCUT2D eigenvalue weighted by molar-refractivity contribution is 7.78. The molecule has 0 aliphatic rings. The number of benzene rings is 3. The summed E-state index contributed by atoms with van der Waals surface area (Å²) in [5, 5.41) is 2.00. The van der Waals surface area contributed by atoms with Crippen LogP contribution in [0.25, 0.3) is 22.3 Å². The van der Waals surface area contributed by atoms with Crippen LogP contribution in [0.4, 0.5) is 14.5 Å². The van der Waals surface area contributed by atoms with E-state index in [1.807, 2.05) is 29.4 Å². The SMILES string of the molecule is CCCCCc1ccc(-c2ccc(-c3cc(F)c(N=C=S)c(F)c3)cc2)cc1. The van der Waals surface area contributed by atoms with Crippen molar-refractivity contribution in [2.45, 2.75) is 32.6 Å². The third-order valence-electron chi connectivity index (χ3n) is 4.75. The van der Waals surface area contributed by atoms with Crippen LogP contribution < -0.4 is 0 Å².